The average molecular weight is 333 g/mol. The fourth-order valence-electron chi connectivity index (χ4n) is 2.61. The molecule has 0 bridgehead atoms. The second-order valence-corrected chi connectivity index (χ2v) is 5.72. The second-order valence-electron chi connectivity index (χ2n) is 5.34. The minimum Gasteiger partial charge on any atom is -0.489 e. The van der Waals surface area contributed by atoms with Gasteiger partial charge < -0.3 is 14.8 Å². The number of carbonyl (C=O) groups excluding carboxylic acids is 1. The summed E-state index contributed by atoms with van der Waals surface area (Å²) in [5.41, 5.74) is 1.72. The van der Waals surface area contributed by atoms with Crippen LogP contribution in [0.3, 0.4) is 0 Å². The van der Waals surface area contributed by atoms with Crippen LogP contribution >= 0.6 is 11.6 Å². The minimum atomic E-state index is -0.323. The molecule has 120 valence electrons. The molecule has 2 heterocycles. The molecule has 2 atom stereocenters. The van der Waals surface area contributed by atoms with Crippen LogP contribution in [0.1, 0.15) is 6.42 Å². The van der Waals surface area contributed by atoms with Crippen LogP contribution in [0.4, 0.5) is 0 Å². The summed E-state index contributed by atoms with van der Waals surface area (Å²) < 4.78 is 10.7. The van der Waals surface area contributed by atoms with Gasteiger partial charge in [-0.2, -0.15) is 0 Å². The summed E-state index contributed by atoms with van der Waals surface area (Å²) in [6.45, 7) is 0.584. The second kappa shape index (κ2) is 6.98. The Morgan fingerprint density at radius 2 is 2.09 bits per heavy atom. The monoisotopic (exact) mass is 332 g/mol. The molecule has 1 aliphatic rings. The zero-order chi connectivity index (χ0) is 16.2. The third-order valence-electron chi connectivity index (χ3n) is 3.72. The Hall–Kier alpha value is -2.11. The van der Waals surface area contributed by atoms with Gasteiger partial charge in [-0.05, 0) is 0 Å². The van der Waals surface area contributed by atoms with E-state index in [4.69, 9.17) is 21.1 Å². The summed E-state index contributed by atoms with van der Waals surface area (Å²) in [6, 6.07) is 13.0. The number of methoxy groups -OCH3 is 1. The lowest BCUT2D eigenvalue weighted by atomic mass is 10.1. The van der Waals surface area contributed by atoms with E-state index in [2.05, 4.69) is 10.3 Å². The topological polar surface area (TPSA) is 60.5 Å². The zero-order valence-corrected chi connectivity index (χ0v) is 13.4. The van der Waals surface area contributed by atoms with Crippen LogP contribution in [0.25, 0.3) is 11.3 Å². The molecule has 6 heteroatoms. The number of esters is 1. The number of aromatic nitrogens is 1. The molecule has 5 nitrogen and oxygen atoms in total. The smallest absolute Gasteiger partial charge is 0.323 e. The first-order valence-corrected chi connectivity index (χ1v) is 7.74. The van der Waals surface area contributed by atoms with Crippen LogP contribution in [-0.4, -0.2) is 36.8 Å². The van der Waals surface area contributed by atoms with Gasteiger partial charge in [0.15, 0.2) is 0 Å². The Morgan fingerprint density at radius 3 is 2.83 bits per heavy atom. The van der Waals surface area contributed by atoms with Crippen molar-refractivity contribution in [2.45, 2.75) is 18.6 Å². The van der Waals surface area contributed by atoms with Crippen LogP contribution in [0.15, 0.2) is 42.5 Å². The Morgan fingerprint density at radius 1 is 1.30 bits per heavy atom. The Bertz CT molecular complexity index is 693. The van der Waals surface area contributed by atoms with Gasteiger partial charge in [-0.25, -0.2) is 4.98 Å². The highest BCUT2D eigenvalue weighted by Gasteiger charge is 2.31. The molecular weight excluding hydrogens is 316 g/mol. The van der Waals surface area contributed by atoms with Gasteiger partial charge in [0, 0.05) is 30.7 Å². The molecule has 0 saturated carbocycles. The highest BCUT2D eigenvalue weighted by Crippen LogP contribution is 2.27. The van der Waals surface area contributed by atoms with E-state index in [0.29, 0.717) is 23.9 Å². The Kier molecular flexibility index (Phi) is 4.79. The van der Waals surface area contributed by atoms with Gasteiger partial charge in [-0.3, -0.25) is 4.79 Å². The van der Waals surface area contributed by atoms with Gasteiger partial charge in [0.2, 0.25) is 0 Å². The van der Waals surface area contributed by atoms with Crippen molar-refractivity contribution >= 4 is 17.6 Å². The molecule has 0 amide bonds. The number of halogens is 1. The highest BCUT2D eigenvalue weighted by molar-refractivity contribution is 6.29. The number of rotatable bonds is 4. The first-order valence-electron chi connectivity index (χ1n) is 7.36. The molecular formula is C17H17ClN2O3. The number of nitrogens with zero attached hydrogens (tertiary/aromatic N) is 1. The van der Waals surface area contributed by atoms with Crippen molar-refractivity contribution in [3.05, 3.63) is 47.6 Å². The molecule has 0 radical (unpaired) electrons. The van der Waals surface area contributed by atoms with E-state index in [9.17, 15) is 4.79 Å². The molecule has 23 heavy (non-hydrogen) atoms. The molecule has 3 rings (SSSR count). The maximum absolute atomic E-state index is 11.5. The van der Waals surface area contributed by atoms with E-state index >= 15 is 0 Å². The molecule has 0 aliphatic carbocycles. The number of hydrogen-bond donors (Lipinski definition) is 1. The van der Waals surface area contributed by atoms with E-state index in [0.717, 1.165) is 11.3 Å². The molecule has 1 fully saturated rings. The van der Waals surface area contributed by atoms with Crippen LogP contribution < -0.4 is 10.1 Å². The van der Waals surface area contributed by atoms with E-state index in [1.54, 1.807) is 6.07 Å². The highest BCUT2D eigenvalue weighted by atomic mass is 35.5. The van der Waals surface area contributed by atoms with Gasteiger partial charge in [-0.15, -0.1) is 0 Å². The first-order chi connectivity index (χ1) is 11.2. The number of pyridine rings is 1. The minimum absolute atomic E-state index is 0.110. The molecule has 0 spiro atoms. The van der Waals surface area contributed by atoms with Gasteiger partial charge in [0.1, 0.15) is 23.0 Å². The lowest BCUT2D eigenvalue weighted by molar-refractivity contribution is -0.142. The quantitative estimate of drug-likeness (QED) is 0.689. The Labute approximate surface area is 139 Å². The summed E-state index contributed by atoms with van der Waals surface area (Å²) in [7, 11) is 1.38. The molecule has 1 aromatic heterocycles. The van der Waals surface area contributed by atoms with E-state index in [-0.39, 0.29) is 18.1 Å². The van der Waals surface area contributed by atoms with Crippen molar-refractivity contribution in [1.29, 1.82) is 0 Å². The third-order valence-corrected chi connectivity index (χ3v) is 3.91. The summed E-state index contributed by atoms with van der Waals surface area (Å²) in [5.74, 6) is 0.370. The molecule has 0 unspecified atom stereocenters. The van der Waals surface area contributed by atoms with Gasteiger partial charge >= 0.3 is 5.97 Å². The zero-order valence-electron chi connectivity index (χ0n) is 12.7. The lowest BCUT2D eigenvalue weighted by Gasteiger charge is -2.14. The maximum Gasteiger partial charge on any atom is 0.323 e. The lowest BCUT2D eigenvalue weighted by Crippen LogP contribution is -2.31. The predicted octanol–water partition coefficient (Wildman–Crippen LogP) is 2.68. The van der Waals surface area contributed by atoms with Crippen molar-refractivity contribution in [3.8, 4) is 17.0 Å². The number of ether oxygens (including phenoxy) is 2. The summed E-state index contributed by atoms with van der Waals surface area (Å²) >= 11 is 6.11. The van der Waals surface area contributed by atoms with Crippen molar-refractivity contribution < 1.29 is 14.3 Å². The normalized spacial score (nSPS) is 20.3. The van der Waals surface area contributed by atoms with Crippen LogP contribution in [0.2, 0.25) is 5.15 Å². The van der Waals surface area contributed by atoms with E-state index in [1.165, 1.54) is 7.11 Å². The van der Waals surface area contributed by atoms with Crippen LogP contribution in [0.5, 0.6) is 5.75 Å². The Balaban J connectivity index is 1.74. The SMILES string of the molecule is COC(=O)[C@@H]1C[C@@H](Oc2cc(Cl)nc(-c3ccccc3)c2)CN1. The number of benzene rings is 1. The average Bonchev–Trinajstić information content (AvgIpc) is 3.03. The molecule has 1 aromatic carbocycles. The molecule has 1 N–H and O–H groups in total. The maximum atomic E-state index is 11.5. The number of nitrogens with one attached hydrogen (secondary N) is 1. The van der Waals surface area contributed by atoms with Crippen molar-refractivity contribution in [2.75, 3.05) is 13.7 Å². The van der Waals surface area contributed by atoms with Gasteiger partial charge in [-0.1, -0.05) is 41.9 Å². The molecule has 1 aliphatic heterocycles. The van der Waals surface area contributed by atoms with Crippen LogP contribution in [-0.2, 0) is 9.53 Å². The summed E-state index contributed by atoms with van der Waals surface area (Å²) in [5, 5.41) is 3.46. The fourth-order valence-corrected chi connectivity index (χ4v) is 2.80. The van der Waals surface area contributed by atoms with E-state index < -0.39 is 0 Å². The number of carbonyl (C=O) groups is 1. The van der Waals surface area contributed by atoms with Crippen molar-refractivity contribution in [1.82, 2.24) is 10.3 Å². The van der Waals surface area contributed by atoms with Crippen molar-refractivity contribution in [3.63, 3.8) is 0 Å². The number of hydrogen-bond acceptors (Lipinski definition) is 5. The molecule has 1 saturated heterocycles. The first kappa shape index (κ1) is 15.8. The third kappa shape index (κ3) is 3.81. The summed E-state index contributed by atoms with van der Waals surface area (Å²) in [6.07, 6.45) is 0.453. The fraction of sp³-hybridized carbons (Fsp3) is 0.294. The standard InChI is InChI=1S/C17H17ClN2O3/c1-22-17(21)15-8-13(10-19-15)23-12-7-14(20-16(18)9-12)11-5-3-2-4-6-11/h2-7,9,13,15,19H,8,10H2,1H3/t13-,15+/m1/s1. The summed E-state index contributed by atoms with van der Waals surface area (Å²) in [4.78, 5) is 15.9. The van der Waals surface area contributed by atoms with Gasteiger partial charge in [0.05, 0.1) is 12.8 Å². The van der Waals surface area contributed by atoms with E-state index in [1.807, 2.05) is 36.4 Å². The van der Waals surface area contributed by atoms with Crippen LogP contribution in [0, 0.1) is 0 Å². The van der Waals surface area contributed by atoms with Gasteiger partial charge in [0.25, 0.3) is 0 Å². The van der Waals surface area contributed by atoms with Crippen molar-refractivity contribution in [2.24, 2.45) is 0 Å². The molecule has 2 aromatic rings. The largest absolute Gasteiger partial charge is 0.489 e. The predicted molar refractivity (Wildman–Crippen MR) is 87.5 cm³/mol.